The number of aliphatic hydroxyl groups excluding tert-OH is 1. The lowest BCUT2D eigenvalue weighted by molar-refractivity contribution is 0.0820. The molecule has 0 radical (unpaired) electrons. The van der Waals surface area contributed by atoms with Gasteiger partial charge in [0.25, 0.3) is 0 Å². The quantitative estimate of drug-likeness (QED) is 0.878. The zero-order chi connectivity index (χ0) is 16.1. The summed E-state index contributed by atoms with van der Waals surface area (Å²) < 4.78 is 0. The normalized spacial score (nSPS) is 18.5. The number of hydrogen-bond donors (Lipinski definition) is 1. The Hall–Kier alpha value is -1.64. The highest BCUT2D eigenvalue weighted by atomic mass is 16.3. The van der Waals surface area contributed by atoms with Crippen LogP contribution < -0.4 is 0 Å². The van der Waals surface area contributed by atoms with Crippen LogP contribution in [-0.4, -0.2) is 29.6 Å². The molecular formula is C21H27NO. The predicted molar refractivity (Wildman–Crippen MR) is 96.3 cm³/mol. The summed E-state index contributed by atoms with van der Waals surface area (Å²) in [5.74, 6) is 0.260. The summed E-state index contributed by atoms with van der Waals surface area (Å²) in [6, 6.07) is 18.7. The number of nitrogens with zero attached hydrogens (tertiary/aromatic N) is 1. The fourth-order valence-electron chi connectivity index (χ4n) is 3.48. The molecule has 2 aromatic rings. The van der Waals surface area contributed by atoms with Gasteiger partial charge in [-0.3, -0.25) is 0 Å². The minimum atomic E-state index is -0.387. The highest BCUT2D eigenvalue weighted by molar-refractivity contribution is 5.63. The van der Waals surface area contributed by atoms with Crippen molar-refractivity contribution in [2.75, 3.05) is 19.6 Å². The lowest BCUT2D eigenvalue weighted by Crippen LogP contribution is -2.35. The van der Waals surface area contributed by atoms with Crippen molar-refractivity contribution in [3.05, 3.63) is 60.2 Å². The van der Waals surface area contributed by atoms with Crippen molar-refractivity contribution in [3.63, 3.8) is 0 Å². The number of aliphatic hydroxyl groups is 1. The largest absolute Gasteiger partial charge is 0.388 e. The van der Waals surface area contributed by atoms with Crippen LogP contribution in [-0.2, 0) is 0 Å². The lowest BCUT2D eigenvalue weighted by atomic mass is 9.94. The molecule has 2 heteroatoms. The predicted octanol–water partition coefficient (Wildman–Crippen LogP) is 4.51. The zero-order valence-electron chi connectivity index (χ0n) is 14.0. The van der Waals surface area contributed by atoms with Crippen LogP contribution >= 0.6 is 0 Å². The maximum absolute atomic E-state index is 10.7. The van der Waals surface area contributed by atoms with Gasteiger partial charge in [-0.1, -0.05) is 67.9 Å². The molecule has 1 heterocycles. The zero-order valence-corrected chi connectivity index (χ0v) is 14.0. The molecule has 1 aliphatic rings. The molecule has 3 rings (SSSR count). The summed E-state index contributed by atoms with van der Waals surface area (Å²) in [4.78, 5) is 2.50. The Balaban J connectivity index is 1.63. The maximum Gasteiger partial charge on any atom is 0.0827 e. The topological polar surface area (TPSA) is 23.5 Å². The van der Waals surface area contributed by atoms with Crippen LogP contribution in [0.4, 0.5) is 0 Å². The first-order valence-corrected chi connectivity index (χ1v) is 8.80. The Labute approximate surface area is 139 Å². The van der Waals surface area contributed by atoms with Crippen LogP contribution in [0.5, 0.6) is 0 Å². The van der Waals surface area contributed by atoms with E-state index in [1.807, 2.05) is 6.07 Å². The molecule has 0 amide bonds. The Morgan fingerprint density at radius 2 is 1.48 bits per heavy atom. The van der Waals surface area contributed by atoms with Gasteiger partial charge in [-0.25, -0.2) is 0 Å². The molecule has 1 saturated heterocycles. The second-order valence-corrected chi connectivity index (χ2v) is 6.77. The standard InChI is InChI=1S/C21H27NO/c1-17(16-22-14-6-3-7-15-22)21(23)20-12-10-19(11-13-20)18-8-4-2-5-9-18/h2,4-5,8-13,17,21,23H,3,6-7,14-16H2,1H3/t17-,21-/m1/s1. The summed E-state index contributed by atoms with van der Waals surface area (Å²) in [6.07, 6.45) is 3.57. The third-order valence-electron chi connectivity index (χ3n) is 4.89. The molecule has 122 valence electrons. The Morgan fingerprint density at radius 3 is 2.13 bits per heavy atom. The second kappa shape index (κ2) is 7.76. The van der Waals surface area contributed by atoms with Gasteiger partial charge < -0.3 is 10.0 Å². The highest BCUT2D eigenvalue weighted by Gasteiger charge is 2.20. The van der Waals surface area contributed by atoms with Crippen molar-refractivity contribution < 1.29 is 5.11 Å². The van der Waals surface area contributed by atoms with Crippen molar-refractivity contribution in [1.82, 2.24) is 4.90 Å². The fourth-order valence-corrected chi connectivity index (χ4v) is 3.48. The van der Waals surface area contributed by atoms with Crippen LogP contribution in [0.15, 0.2) is 54.6 Å². The molecule has 2 aromatic carbocycles. The molecule has 0 aliphatic carbocycles. The molecule has 0 saturated carbocycles. The maximum atomic E-state index is 10.7. The minimum absolute atomic E-state index is 0.260. The number of rotatable bonds is 5. The van der Waals surface area contributed by atoms with Crippen molar-refractivity contribution in [3.8, 4) is 11.1 Å². The van der Waals surface area contributed by atoms with Gasteiger partial charge >= 0.3 is 0 Å². The van der Waals surface area contributed by atoms with E-state index in [-0.39, 0.29) is 12.0 Å². The van der Waals surface area contributed by atoms with Gasteiger partial charge in [0.1, 0.15) is 0 Å². The molecule has 23 heavy (non-hydrogen) atoms. The molecular weight excluding hydrogens is 282 g/mol. The molecule has 0 unspecified atom stereocenters. The first-order chi connectivity index (χ1) is 11.2. The van der Waals surface area contributed by atoms with Gasteiger partial charge in [0.15, 0.2) is 0 Å². The van der Waals surface area contributed by atoms with Gasteiger partial charge in [-0.2, -0.15) is 0 Å². The van der Waals surface area contributed by atoms with E-state index in [0.29, 0.717) is 0 Å². The number of piperidine rings is 1. The fraction of sp³-hybridized carbons (Fsp3) is 0.429. The van der Waals surface area contributed by atoms with E-state index in [2.05, 4.69) is 60.4 Å². The highest BCUT2D eigenvalue weighted by Crippen LogP contribution is 2.26. The van der Waals surface area contributed by atoms with Gasteiger partial charge in [0.05, 0.1) is 6.10 Å². The number of hydrogen-bond acceptors (Lipinski definition) is 2. The minimum Gasteiger partial charge on any atom is -0.388 e. The van der Waals surface area contributed by atoms with E-state index >= 15 is 0 Å². The van der Waals surface area contributed by atoms with Crippen LogP contribution in [0.3, 0.4) is 0 Å². The summed E-state index contributed by atoms with van der Waals surface area (Å²) in [5.41, 5.74) is 3.44. The molecule has 0 bridgehead atoms. The average Bonchev–Trinajstić information content (AvgIpc) is 2.63. The molecule has 2 nitrogen and oxygen atoms in total. The van der Waals surface area contributed by atoms with Crippen molar-refractivity contribution in [1.29, 1.82) is 0 Å². The SMILES string of the molecule is C[C@H](CN1CCCCC1)[C@@H](O)c1ccc(-c2ccccc2)cc1. The Morgan fingerprint density at radius 1 is 0.870 bits per heavy atom. The van der Waals surface area contributed by atoms with E-state index in [0.717, 1.165) is 12.1 Å². The first kappa shape index (κ1) is 16.2. The third-order valence-corrected chi connectivity index (χ3v) is 4.89. The first-order valence-electron chi connectivity index (χ1n) is 8.80. The average molecular weight is 309 g/mol. The summed E-state index contributed by atoms with van der Waals surface area (Å²) in [6.45, 7) is 5.51. The Kier molecular flexibility index (Phi) is 5.47. The van der Waals surface area contributed by atoms with Crippen LogP contribution in [0, 0.1) is 5.92 Å². The summed E-state index contributed by atoms with van der Waals surface area (Å²) >= 11 is 0. The lowest BCUT2D eigenvalue weighted by Gasteiger charge is -2.31. The van der Waals surface area contributed by atoms with Gasteiger partial charge in [-0.15, -0.1) is 0 Å². The van der Waals surface area contributed by atoms with Crippen molar-refractivity contribution in [2.45, 2.75) is 32.3 Å². The molecule has 2 atom stereocenters. The van der Waals surface area contributed by atoms with Gasteiger partial charge in [0, 0.05) is 6.54 Å². The molecule has 0 aromatic heterocycles. The van der Waals surface area contributed by atoms with Crippen molar-refractivity contribution in [2.24, 2.45) is 5.92 Å². The molecule has 1 N–H and O–H groups in total. The van der Waals surface area contributed by atoms with E-state index in [4.69, 9.17) is 0 Å². The van der Waals surface area contributed by atoms with Gasteiger partial charge in [-0.05, 0) is 48.5 Å². The van der Waals surface area contributed by atoms with E-state index in [9.17, 15) is 5.11 Å². The number of likely N-dealkylation sites (tertiary alicyclic amines) is 1. The van der Waals surface area contributed by atoms with Crippen molar-refractivity contribution >= 4 is 0 Å². The van der Waals surface area contributed by atoms with E-state index in [1.54, 1.807) is 0 Å². The third kappa shape index (κ3) is 4.21. The summed E-state index contributed by atoms with van der Waals surface area (Å²) in [5, 5.41) is 10.7. The smallest absolute Gasteiger partial charge is 0.0827 e. The van der Waals surface area contributed by atoms with Crippen LogP contribution in [0.1, 0.15) is 37.9 Å². The van der Waals surface area contributed by atoms with Crippen LogP contribution in [0.25, 0.3) is 11.1 Å². The second-order valence-electron chi connectivity index (χ2n) is 6.77. The molecule has 0 spiro atoms. The monoisotopic (exact) mass is 309 g/mol. The van der Waals surface area contributed by atoms with E-state index in [1.165, 1.54) is 43.5 Å². The van der Waals surface area contributed by atoms with E-state index < -0.39 is 0 Å². The summed E-state index contributed by atoms with van der Waals surface area (Å²) in [7, 11) is 0. The Bertz CT molecular complexity index is 587. The molecule has 1 aliphatic heterocycles. The molecule has 1 fully saturated rings. The number of benzene rings is 2. The van der Waals surface area contributed by atoms with Crippen LogP contribution in [0.2, 0.25) is 0 Å². The van der Waals surface area contributed by atoms with Gasteiger partial charge in [0.2, 0.25) is 0 Å².